The van der Waals surface area contributed by atoms with Crippen molar-refractivity contribution < 1.29 is 14.3 Å². The number of rotatable bonds is 6. The number of thioether (sulfide) groups is 1. The zero-order chi connectivity index (χ0) is 18.5. The van der Waals surface area contributed by atoms with Crippen LogP contribution in [0.1, 0.15) is 12.5 Å². The number of nitrogens with zero attached hydrogens (tertiary/aromatic N) is 1. The fourth-order valence-electron chi connectivity index (χ4n) is 2.28. The van der Waals surface area contributed by atoms with Gasteiger partial charge in [0.05, 0.1) is 16.0 Å². The lowest BCUT2D eigenvalue weighted by molar-refractivity contribution is -0.150. The number of carbonyl (C=O) groups is 2. The number of thiazole rings is 1. The van der Waals surface area contributed by atoms with Gasteiger partial charge in [-0.1, -0.05) is 36.0 Å². The quantitative estimate of drug-likeness (QED) is 0.506. The third-order valence-electron chi connectivity index (χ3n) is 3.55. The van der Waals surface area contributed by atoms with E-state index < -0.39 is 12.1 Å². The Kier molecular flexibility index (Phi) is 5.90. The second-order valence-corrected chi connectivity index (χ2v) is 7.98. The van der Waals surface area contributed by atoms with Crippen LogP contribution in [0, 0.1) is 6.92 Å². The molecule has 1 N–H and O–H groups in total. The molecule has 1 heterocycles. The average molecular weight is 386 g/mol. The molecule has 3 rings (SSSR count). The fraction of sp³-hybridized carbons (Fsp3) is 0.211. The molecule has 0 fully saturated rings. The van der Waals surface area contributed by atoms with Crippen molar-refractivity contribution in [3.63, 3.8) is 0 Å². The monoisotopic (exact) mass is 386 g/mol. The van der Waals surface area contributed by atoms with Crippen LogP contribution in [-0.4, -0.2) is 28.7 Å². The summed E-state index contributed by atoms with van der Waals surface area (Å²) < 4.78 is 7.10. The molecule has 3 aromatic rings. The number of hydrogen-bond donors (Lipinski definition) is 1. The van der Waals surface area contributed by atoms with Crippen molar-refractivity contribution in [1.82, 2.24) is 4.98 Å². The van der Waals surface area contributed by atoms with E-state index in [1.54, 1.807) is 13.0 Å². The number of carbonyl (C=O) groups excluding carboxylic acids is 2. The third kappa shape index (κ3) is 4.83. The molecule has 2 aromatic carbocycles. The molecule has 5 nitrogen and oxygen atoms in total. The summed E-state index contributed by atoms with van der Waals surface area (Å²) >= 11 is 2.85. The Balaban J connectivity index is 1.49. The first kappa shape index (κ1) is 18.4. The second kappa shape index (κ2) is 8.33. The molecule has 7 heteroatoms. The Hall–Kier alpha value is -2.38. The number of amides is 1. The predicted molar refractivity (Wildman–Crippen MR) is 106 cm³/mol. The molecule has 0 aliphatic rings. The van der Waals surface area contributed by atoms with Gasteiger partial charge < -0.3 is 10.1 Å². The number of aryl methyl sites for hydroxylation is 1. The van der Waals surface area contributed by atoms with E-state index in [0.29, 0.717) is 5.69 Å². The molecular weight excluding hydrogens is 368 g/mol. The summed E-state index contributed by atoms with van der Waals surface area (Å²) in [4.78, 5) is 28.6. The van der Waals surface area contributed by atoms with Gasteiger partial charge in [0.15, 0.2) is 10.4 Å². The molecule has 0 saturated carbocycles. The van der Waals surface area contributed by atoms with Gasteiger partial charge in [0.2, 0.25) is 0 Å². The maximum atomic E-state index is 12.1. The Labute approximate surface area is 159 Å². The van der Waals surface area contributed by atoms with Gasteiger partial charge in [-0.25, -0.2) is 4.98 Å². The van der Waals surface area contributed by atoms with Gasteiger partial charge in [-0.05, 0) is 43.7 Å². The molecular formula is C19H18N2O3S2. The van der Waals surface area contributed by atoms with Gasteiger partial charge in [0, 0.05) is 5.69 Å². The molecule has 0 aliphatic heterocycles. The molecule has 1 aromatic heterocycles. The largest absolute Gasteiger partial charge is 0.452 e. The summed E-state index contributed by atoms with van der Waals surface area (Å²) in [7, 11) is 0. The van der Waals surface area contributed by atoms with E-state index in [4.69, 9.17) is 4.74 Å². The lowest BCUT2D eigenvalue weighted by atomic mass is 10.2. The Morgan fingerprint density at radius 3 is 2.81 bits per heavy atom. The maximum absolute atomic E-state index is 12.1. The summed E-state index contributed by atoms with van der Waals surface area (Å²) in [6.45, 7) is 3.50. The molecule has 1 amide bonds. The number of aromatic nitrogens is 1. The number of para-hydroxylation sites is 1. The van der Waals surface area contributed by atoms with Gasteiger partial charge >= 0.3 is 5.97 Å². The SMILES string of the molecule is Cc1cccc(NC(=O)[C@@H](C)OC(=O)CSc2nc3ccccc3s2)c1. The lowest BCUT2D eigenvalue weighted by Crippen LogP contribution is -2.30. The Morgan fingerprint density at radius 2 is 2.04 bits per heavy atom. The van der Waals surface area contributed by atoms with Crippen molar-refractivity contribution in [2.75, 3.05) is 11.1 Å². The number of esters is 1. The second-order valence-electron chi connectivity index (χ2n) is 5.73. The minimum atomic E-state index is -0.862. The van der Waals surface area contributed by atoms with Crippen molar-refractivity contribution in [1.29, 1.82) is 0 Å². The molecule has 0 unspecified atom stereocenters. The predicted octanol–water partition coefficient (Wildman–Crippen LogP) is 4.27. The number of fused-ring (bicyclic) bond motifs is 1. The molecule has 1 atom stereocenters. The smallest absolute Gasteiger partial charge is 0.317 e. The molecule has 0 radical (unpaired) electrons. The Morgan fingerprint density at radius 1 is 1.23 bits per heavy atom. The van der Waals surface area contributed by atoms with Gasteiger partial charge in [-0.15, -0.1) is 11.3 Å². The van der Waals surface area contributed by atoms with Crippen molar-refractivity contribution in [2.24, 2.45) is 0 Å². The number of benzene rings is 2. The molecule has 0 spiro atoms. The lowest BCUT2D eigenvalue weighted by Gasteiger charge is -2.13. The van der Waals surface area contributed by atoms with Gasteiger partial charge in [-0.2, -0.15) is 0 Å². The van der Waals surface area contributed by atoms with Crippen molar-refractivity contribution in [3.05, 3.63) is 54.1 Å². The summed E-state index contributed by atoms with van der Waals surface area (Å²) in [5, 5.41) is 2.75. The van der Waals surface area contributed by atoms with Crippen LogP contribution in [0.2, 0.25) is 0 Å². The van der Waals surface area contributed by atoms with Crippen molar-refractivity contribution in [3.8, 4) is 0 Å². The van der Waals surface area contributed by atoms with Crippen LogP contribution in [0.3, 0.4) is 0 Å². The van der Waals surface area contributed by atoms with E-state index >= 15 is 0 Å². The zero-order valence-corrected chi connectivity index (χ0v) is 16.0. The molecule has 0 bridgehead atoms. The van der Waals surface area contributed by atoms with E-state index in [2.05, 4.69) is 10.3 Å². The van der Waals surface area contributed by atoms with E-state index in [-0.39, 0.29) is 11.7 Å². The van der Waals surface area contributed by atoms with Crippen LogP contribution in [0.15, 0.2) is 52.9 Å². The van der Waals surface area contributed by atoms with Crippen LogP contribution in [-0.2, 0) is 14.3 Å². The summed E-state index contributed by atoms with van der Waals surface area (Å²) in [6, 6.07) is 15.3. The summed E-state index contributed by atoms with van der Waals surface area (Å²) in [5.74, 6) is -0.683. The van der Waals surface area contributed by atoms with E-state index in [1.807, 2.05) is 49.4 Å². The average Bonchev–Trinajstić information content (AvgIpc) is 3.03. The minimum Gasteiger partial charge on any atom is -0.452 e. The number of ether oxygens (including phenoxy) is 1. The topological polar surface area (TPSA) is 68.3 Å². The highest BCUT2D eigenvalue weighted by molar-refractivity contribution is 8.01. The van der Waals surface area contributed by atoms with E-state index in [0.717, 1.165) is 20.1 Å². The van der Waals surface area contributed by atoms with Crippen LogP contribution >= 0.6 is 23.1 Å². The maximum Gasteiger partial charge on any atom is 0.317 e. The summed E-state index contributed by atoms with van der Waals surface area (Å²) in [5.41, 5.74) is 2.64. The zero-order valence-electron chi connectivity index (χ0n) is 14.4. The number of hydrogen-bond acceptors (Lipinski definition) is 6. The number of nitrogens with one attached hydrogen (secondary N) is 1. The third-order valence-corrected chi connectivity index (χ3v) is 5.70. The van der Waals surface area contributed by atoms with E-state index in [9.17, 15) is 9.59 Å². The minimum absolute atomic E-state index is 0.113. The standard InChI is InChI=1S/C19H18N2O3S2/c1-12-6-5-7-14(10-12)20-18(23)13(2)24-17(22)11-25-19-21-15-8-3-4-9-16(15)26-19/h3-10,13H,11H2,1-2H3,(H,20,23)/t13-/m1/s1. The van der Waals surface area contributed by atoms with Crippen molar-refractivity contribution in [2.45, 2.75) is 24.3 Å². The van der Waals surface area contributed by atoms with Gasteiger partial charge in [-0.3, -0.25) is 9.59 Å². The first-order chi connectivity index (χ1) is 12.5. The fourth-order valence-corrected chi connectivity index (χ4v) is 4.14. The van der Waals surface area contributed by atoms with Crippen LogP contribution < -0.4 is 5.32 Å². The highest BCUT2D eigenvalue weighted by atomic mass is 32.2. The van der Waals surface area contributed by atoms with Crippen LogP contribution in [0.25, 0.3) is 10.2 Å². The molecule has 0 aliphatic carbocycles. The van der Waals surface area contributed by atoms with Crippen LogP contribution in [0.5, 0.6) is 0 Å². The number of anilines is 1. The highest BCUT2D eigenvalue weighted by Crippen LogP contribution is 2.29. The molecule has 134 valence electrons. The molecule has 26 heavy (non-hydrogen) atoms. The first-order valence-electron chi connectivity index (χ1n) is 8.06. The van der Waals surface area contributed by atoms with E-state index in [1.165, 1.54) is 23.1 Å². The van der Waals surface area contributed by atoms with Crippen molar-refractivity contribution >= 4 is 50.9 Å². The highest BCUT2D eigenvalue weighted by Gasteiger charge is 2.18. The summed E-state index contributed by atoms with van der Waals surface area (Å²) in [6.07, 6.45) is -0.862. The van der Waals surface area contributed by atoms with Gasteiger partial charge in [0.25, 0.3) is 5.91 Å². The first-order valence-corrected chi connectivity index (χ1v) is 9.87. The van der Waals surface area contributed by atoms with Gasteiger partial charge in [0.1, 0.15) is 0 Å². The molecule has 0 saturated heterocycles. The Bertz CT molecular complexity index is 906. The van der Waals surface area contributed by atoms with Crippen LogP contribution in [0.4, 0.5) is 5.69 Å². The normalized spacial score (nSPS) is 11.9.